The topological polar surface area (TPSA) is 49.6 Å². The van der Waals surface area contributed by atoms with Crippen molar-refractivity contribution in [1.82, 2.24) is 14.8 Å². The van der Waals surface area contributed by atoms with E-state index in [1.807, 2.05) is 29.2 Å². The first-order chi connectivity index (χ1) is 10.6. The Balaban J connectivity index is 1.60. The number of hydrogen-bond acceptors (Lipinski definition) is 4. The smallest absolute Gasteiger partial charge is 0.226 e. The molecule has 0 unspecified atom stereocenters. The van der Waals surface area contributed by atoms with Crippen LogP contribution in [0.3, 0.4) is 0 Å². The maximum Gasteiger partial charge on any atom is 0.226 e. The molecule has 2 aromatic rings. The van der Waals surface area contributed by atoms with E-state index in [4.69, 9.17) is 16.0 Å². The van der Waals surface area contributed by atoms with Crippen LogP contribution < -0.4 is 0 Å². The zero-order valence-corrected chi connectivity index (χ0v) is 13.2. The van der Waals surface area contributed by atoms with Crippen LogP contribution in [-0.2, 0) is 11.3 Å². The van der Waals surface area contributed by atoms with Gasteiger partial charge in [-0.3, -0.25) is 9.69 Å². The molecule has 1 aliphatic heterocycles. The van der Waals surface area contributed by atoms with E-state index >= 15 is 0 Å². The molecule has 1 amide bonds. The van der Waals surface area contributed by atoms with Crippen molar-refractivity contribution in [2.24, 2.45) is 0 Å². The second kappa shape index (κ2) is 6.50. The first-order valence-electron chi connectivity index (χ1n) is 7.30. The van der Waals surface area contributed by atoms with E-state index in [0.717, 1.165) is 44.0 Å². The normalized spacial score (nSPS) is 16.0. The number of piperazine rings is 1. The highest BCUT2D eigenvalue weighted by Gasteiger charge is 2.19. The molecule has 0 atom stereocenters. The number of hydrogen-bond donors (Lipinski definition) is 0. The van der Waals surface area contributed by atoms with E-state index < -0.39 is 0 Å². The summed E-state index contributed by atoms with van der Waals surface area (Å²) < 4.78 is 5.55. The Morgan fingerprint density at radius 1 is 1.23 bits per heavy atom. The standard InChI is InChI=1S/C16H18ClN3O2/c1-12(21)20-8-6-19(7-9-20)10-15-11-22-16(18-15)13-2-4-14(17)5-3-13/h2-5,11H,6-10H2,1H3. The monoisotopic (exact) mass is 319 g/mol. The maximum absolute atomic E-state index is 11.3. The first kappa shape index (κ1) is 15.1. The van der Waals surface area contributed by atoms with Crippen molar-refractivity contribution in [2.75, 3.05) is 26.2 Å². The Hall–Kier alpha value is -1.85. The second-order valence-corrected chi connectivity index (χ2v) is 5.87. The third-order valence-corrected chi connectivity index (χ3v) is 4.10. The largest absolute Gasteiger partial charge is 0.444 e. The summed E-state index contributed by atoms with van der Waals surface area (Å²) in [7, 11) is 0. The first-order valence-corrected chi connectivity index (χ1v) is 7.68. The van der Waals surface area contributed by atoms with Gasteiger partial charge in [0.25, 0.3) is 0 Å². The lowest BCUT2D eigenvalue weighted by Gasteiger charge is -2.33. The van der Waals surface area contributed by atoms with Crippen molar-refractivity contribution in [2.45, 2.75) is 13.5 Å². The Bertz CT molecular complexity index is 646. The minimum atomic E-state index is 0.145. The van der Waals surface area contributed by atoms with Crippen LogP contribution in [-0.4, -0.2) is 46.9 Å². The van der Waals surface area contributed by atoms with Gasteiger partial charge in [-0.2, -0.15) is 0 Å². The van der Waals surface area contributed by atoms with Gasteiger partial charge in [-0.25, -0.2) is 4.98 Å². The van der Waals surface area contributed by atoms with Gasteiger partial charge in [0.1, 0.15) is 6.26 Å². The van der Waals surface area contributed by atoms with Gasteiger partial charge in [-0.05, 0) is 24.3 Å². The van der Waals surface area contributed by atoms with Crippen molar-refractivity contribution < 1.29 is 9.21 Å². The number of oxazole rings is 1. The molecular formula is C16H18ClN3O2. The molecule has 1 saturated heterocycles. The highest BCUT2D eigenvalue weighted by molar-refractivity contribution is 6.30. The molecule has 22 heavy (non-hydrogen) atoms. The number of carbonyl (C=O) groups excluding carboxylic acids is 1. The zero-order valence-electron chi connectivity index (χ0n) is 12.5. The van der Waals surface area contributed by atoms with E-state index in [1.165, 1.54) is 0 Å². The van der Waals surface area contributed by atoms with Crippen molar-refractivity contribution in [3.63, 3.8) is 0 Å². The lowest BCUT2D eigenvalue weighted by Crippen LogP contribution is -2.47. The predicted molar refractivity (Wildman–Crippen MR) is 84.5 cm³/mol. The summed E-state index contributed by atoms with van der Waals surface area (Å²) in [5.74, 6) is 0.750. The van der Waals surface area contributed by atoms with E-state index in [9.17, 15) is 4.79 Å². The SMILES string of the molecule is CC(=O)N1CCN(Cc2coc(-c3ccc(Cl)cc3)n2)CC1. The highest BCUT2D eigenvalue weighted by Crippen LogP contribution is 2.21. The van der Waals surface area contributed by atoms with Crippen LogP contribution in [0, 0.1) is 0 Å². The van der Waals surface area contributed by atoms with Gasteiger partial charge in [0.05, 0.1) is 5.69 Å². The summed E-state index contributed by atoms with van der Waals surface area (Å²) in [6.45, 7) is 5.63. The lowest BCUT2D eigenvalue weighted by atomic mass is 10.2. The number of halogens is 1. The fraction of sp³-hybridized carbons (Fsp3) is 0.375. The van der Waals surface area contributed by atoms with Crippen LogP contribution >= 0.6 is 11.6 Å². The number of rotatable bonds is 3. The van der Waals surface area contributed by atoms with Crippen molar-refractivity contribution in [3.05, 3.63) is 41.2 Å². The minimum Gasteiger partial charge on any atom is -0.444 e. The molecule has 6 heteroatoms. The van der Waals surface area contributed by atoms with Gasteiger partial charge in [0, 0.05) is 50.2 Å². The molecule has 1 aliphatic rings. The Kier molecular flexibility index (Phi) is 4.45. The molecule has 1 aromatic carbocycles. The average molecular weight is 320 g/mol. The van der Waals surface area contributed by atoms with Gasteiger partial charge in [0.2, 0.25) is 11.8 Å². The van der Waals surface area contributed by atoms with Crippen molar-refractivity contribution in [1.29, 1.82) is 0 Å². The van der Waals surface area contributed by atoms with Crippen LogP contribution in [0.5, 0.6) is 0 Å². The van der Waals surface area contributed by atoms with Crippen LogP contribution in [0.15, 0.2) is 34.9 Å². The van der Waals surface area contributed by atoms with Crippen LogP contribution in [0.1, 0.15) is 12.6 Å². The molecule has 0 N–H and O–H groups in total. The number of aromatic nitrogens is 1. The highest BCUT2D eigenvalue weighted by atomic mass is 35.5. The van der Waals surface area contributed by atoms with E-state index in [1.54, 1.807) is 13.2 Å². The van der Waals surface area contributed by atoms with Gasteiger partial charge in [-0.15, -0.1) is 0 Å². The molecule has 0 saturated carbocycles. The van der Waals surface area contributed by atoms with Crippen molar-refractivity contribution in [3.8, 4) is 11.5 Å². The molecule has 0 radical (unpaired) electrons. The van der Waals surface area contributed by atoms with E-state index in [-0.39, 0.29) is 5.91 Å². The summed E-state index contributed by atoms with van der Waals surface area (Å²) in [4.78, 5) is 20.0. The summed E-state index contributed by atoms with van der Waals surface area (Å²) in [5.41, 5.74) is 1.82. The van der Waals surface area contributed by atoms with Gasteiger partial charge in [-0.1, -0.05) is 11.6 Å². The van der Waals surface area contributed by atoms with Gasteiger partial charge >= 0.3 is 0 Å². The van der Waals surface area contributed by atoms with Gasteiger partial charge in [0.15, 0.2) is 0 Å². The van der Waals surface area contributed by atoms with E-state index in [2.05, 4.69) is 9.88 Å². The quantitative estimate of drug-likeness (QED) is 0.872. The number of carbonyl (C=O) groups is 1. The summed E-state index contributed by atoms with van der Waals surface area (Å²) in [6, 6.07) is 7.43. The average Bonchev–Trinajstić information content (AvgIpc) is 2.97. The fourth-order valence-corrected chi connectivity index (χ4v) is 2.68. The number of amides is 1. The summed E-state index contributed by atoms with van der Waals surface area (Å²) >= 11 is 5.88. The van der Waals surface area contributed by atoms with E-state index in [0.29, 0.717) is 10.9 Å². The Labute approximate surface area is 134 Å². The molecule has 0 spiro atoms. The Morgan fingerprint density at radius 3 is 2.55 bits per heavy atom. The molecule has 1 fully saturated rings. The molecule has 2 heterocycles. The van der Waals surface area contributed by atoms with Crippen LogP contribution in [0.2, 0.25) is 5.02 Å². The molecule has 3 rings (SSSR count). The summed E-state index contributed by atoms with van der Waals surface area (Å²) in [6.07, 6.45) is 1.70. The zero-order chi connectivity index (χ0) is 15.5. The molecule has 0 aliphatic carbocycles. The maximum atomic E-state index is 11.3. The summed E-state index contributed by atoms with van der Waals surface area (Å²) in [5, 5.41) is 0.693. The lowest BCUT2D eigenvalue weighted by molar-refractivity contribution is -0.130. The Morgan fingerprint density at radius 2 is 1.91 bits per heavy atom. The molecule has 5 nitrogen and oxygen atoms in total. The van der Waals surface area contributed by atoms with Gasteiger partial charge < -0.3 is 9.32 Å². The van der Waals surface area contributed by atoms with Crippen molar-refractivity contribution >= 4 is 17.5 Å². The van der Waals surface area contributed by atoms with Crippen LogP contribution in [0.25, 0.3) is 11.5 Å². The number of benzene rings is 1. The molecular weight excluding hydrogens is 302 g/mol. The molecule has 116 valence electrons. The number of nitrogens with zero attached hydrogens (tertiary/aromatic N) is 3. The third-order valence-electron chi connectivity index (χ3n) is 3.85. The minimum absolute atomic E-state index is 0.145. The third kappa shape index (κ3) is 3.48. The molecule has 0 bridgehead atoms. The second-order valence-electron chi connectivity index (χ2n) is 5.43. The fourth-order valence-electron chi connectivity index (χ4n) is 2.55. The molecule has 1 aromatic heterocycles. The predicted octanol–water partition coefficient (Wildman–Crippen LogP) is 2.66. The van der Waals surface area contributed by atoms with Crippen LogP contribution in [0.4, 0.5) is 0 Å².